The lowest BCUT2D eigenvalue weighted by atomic mass is 10.1. The number of methoxy groups -OCH3 is 1. The van der Waals surface area contributed by atoms with E-state index in [1.807, 2.05) is 0 Å². The van der Waals surface area contributed by atoms with Gasteiger partial charge in [0.25, 0.3) is 0 Å². The topological polar surface area (TPSA) is 111 Å². The fraction of sp³-hybridized carbons (Fsp3) is 0.900. The van der Waals surface area contributed by atoms with Gasteiger partial charge in [-0.25, -0.2) is 13.1 Å². The highest BCUT2D eigenvalue weighted by atomic mass is 32.2. The van der Waals surface area contributed by atoms with Crippen LogP contribution in [0.2, 0.25) is 0 Å². The highest BCUT2D eigenvalue weighted by Gasteiger charge is 2.14. The molecule has 7 nitrogen and oxygen atoms in total. The Balaban J connectivity index is 3.82. The van der Waals surface area contributed by atoms with Crippen LogP contribution in [0.25, 0.3) is 0 Å². The number of nitrogens with one attached hydrogen (secondary N) is 2. The van der Waals surface area contributed by atoms with Gasteiger partial charge in [-0.1, -0.05) is 6.92 Å². The lowest BCUT2D eigenvalue weighted by molar-refractivity contribution is -0.122. The van der Waals surface area contributed by atoms with Gasteiger partial charge in [0.2, 0.25) is 15.9 Å². The first-order chi connectivity index (χ1) is 8.43. The van der Waals surface area contributed by atoms with Crippen molar-refractivity contribution in [3.63, 3.8) is 0 Å². The summed E-state index contributed by atoms with van der Waals surface area (Å²) in [6.45, 7) is 2.65. The Labute approximate surface area is 108 Å². The third-order valence-electron chi connectivity index (χ3n) is 2.23. The maximum Gasteiger partial charge on any atom is 0.236 e. The third-order valence-corrected chi connectivity index (χ3v) is 3.70. The summed E-state index contributed by atoms with van der Waals surface area (Å²) in [4.78, 5) is 11.5. The number of ether oxygens (including phenoxy) is 1. The highest BCUT2D eigenvalue weighted by Crippen LogP contribution is 1.95. The monoisotopic (exact) mass is 281 g/mol. The van der Waals surface area contributed by atoms with E-state index in [2.05, 4.69) is 10.0 Å². The van der Waals surface area contributed by atoms with Gasteiger partial charge < -0.3 is 15.8 Å². The van der Waals surface area contributed by atoms with Gasteiger partial charge in [0.1, 0.15) is 0 Å². The van der Waals surface area contributed by atoms with Crippen molar-refractivity contribution in [2.24, 2.45) is 5.73 Å². The molecule has 0 rings (SSSR count). The summed E-state index contributed by atoms with van der Waals surface area (Å²) >= 11 is 0. The van der Waals surface area contributed by atoms with Crippen LogP contribution in [-0.4, -0.2) is 52.9 Å². The molecule has 1 atom stereocenters. The van der Waals surface area contributed by atoms with Crippen LogP contribution in [0, 0.1) is 0 Å². The second-order valence-corrected chi connectivity index (χ2v) is 5.78. The van der Waals surface area contributed by atoms with E-state index < -0.39 is 16.1 Å². The molecule has 0 aromatic rings. The predicted octanol–water partition coefficient (Wildman–Crippen LogP) is -1.20. The number of nitrogens with two attached hydrogens (primary N) is 1. The van der Waals surface area contributed by atoms with Crippen molar-refractivity contribution in [3.8, 4) is 0 Å². The first kappa shape index (κ1) is 17.3. The average molecular weight is 281 g/mol. The van der Waals surface area contributed by atoms with Crippen LogP contribution in [0.3, 0.4) is 0 Å². The molecule has 1 unspecified atom stereocenters. The van der Waals surface area contributed by atoms with E-state index in [0.29, 0.717) is 26.0 Å². The zero-order chi connectivity index (χ0) is 14.0. The van der Waals surface area contributed by atoms with E-state index in [9.17, 15) is 13.2 Å². The molecule has 0 aliphatic heterocycles. The molecule has 18 heavy (non-hydrogen) atoms. The van der Waals surface area contributed by atoms with E-state index in [1.165, 1.54) is 0 Å². The van der Waals surface area contributed by atoms with Gasteiger partial charge in [0, 0.05) is 26.8 Å². The van der Waals surface area contributed by atoms with E-state index in [4.69, 9.17) is 10.5 Å². The molecule has 0 saturated carbocycles. The first-order valence-electron chi connectivity index (χ1n) is 5.92. The predicted molar refractivity (Wildman–Crippen MR) is 69.6 cm³/mol. The molecule has 0 radical (unpaired) electrons. The Morgan fingerprint density at radius 3 is 2.67 bits per heavy atom. The van der Waals surface area contributed by atoms with Gasteiger partial charge in [-0.15, -0.1) is 0 Å². The molecular formula is C10H23N3O4S. The molecule has 0 aromatic heterocycles. The van der Waals surface area contributed by atoms with Crippen molar-refractivity contribution < 1.29 is 17.9 Å². The molecule has 4 N–H and O–H groups in total. The van der Waals surface area contributed by atoms with Gasteiger partial charge in [-0.3, -0.25) is 4.79 Å². The zero-order valence-corrected chi connectivity index (χ0v) is 11.8. The molecule has 0 aliphatic rings. The van der Waals surface area contributed by atoms with Crippen molar-refractivity contribution in [1.29, 1.82) is 0 Å². The van der Waals surface area contributed by atoms with Crippen molar-refractivity contribution in [3.05, 3.63) is 0 Å². The lowest BCUT2D eigenvalue weighted by Gasteiger charge is -2.12. The number of hydrogen-bond acceptors (Lipinski definition) is 5. The summed E-state index contributed by atoms with van der Waals surface area (Å²) < 4.78 is 29.8. The SMILES string of the molecule is CCNS(=O)(=O)CCNC(=O)C(N)CCCOC. The molecule has 108 valence electrons. The van der Waals surface area contributed by atoms with E-state index in [0.717, 1.165) is 0 Å². The van der Waals surface area contributed by atoms with Crippen LogP contribution in [-0.2, 0) is 19.6 Å². The van der Waals surface area contributed by atoms with Crippen LogP contribution in [0.4, 0.5) is 0 Å². The fourth-order valence-electron chi connectivity index (χ4n) is 1.31. The quantitative estimate of drug-likeness (QED) is 0.435. The van der Waals surface area contributed by atoms with Crippen LogP contribution >= 0.6 is 0 Å². The van der Waals surface area contributed by atoms with Crippen molar-refractivity contribution in [2.75, 3.05) is 32.6 Å². The normalized spacial score (nSPS) is 13.3. The summed E-state index contributed by atoms with van der Waals surface area (Å²) in [6, 6.07) is -0.623. The van der Waals surface area contributed by atoms with Gasteiger partial charge in [-0.2, -0.15) is 0 Å². The van der Waals surface area contributed by atoms with Crippen molar-refractivity contribution in [1.82, 2.24) is 10.0 Å². The Morgan fingerprint density at radius 1 is 1.44 bits per heavy atom. The summed E-state index contributed by atoms with van der Waals surface area (Å²) in [6.07, 6.45) is 1.21. The fourth-order valence-corrected chi connectivity index (χ4v) is 2.27. The third kappa shape index (κ3) is 8.40. The number of carbonyl (C=O) groups excluding carboxylic acids is 1. The van der Waals surface area contributed by atoms with Crippen LogP contribution in [0.5, 0.6) is 0 Å². The van der Waals surface area contributed by atoms with E-state index in [1.54, 1.807) is 14.0 Å². The summed E-state index contributed by atoms with van der Waals surface area (Å²) in [5.74, 6) is -0.477. The van der Waals surface area contributed by atoms with Crippen LogP contribution in [0.1, 0.15) is 19.8 Å². The molecule has 1 amide bonds. The molecule has 0 spiro atoms. The summed E-state index contributed by atoms with van der Waals surface area (Å²) in [5.41, 5.74) is 5.63. The Bertz CT molecular complexity index is 332. The smallest absolute Gasteiger partial charge is 0.236 e. The number of rotatable bonds is 10. The van der Waals surface area contributed by atoms with Crippen molar-refractivity contribution >= 4 is 15.9 Å². The van der Waals surface area contributed by atoms with E-state index in [-0.39, 0.29) is 18.2 Å². The minimum Gasteiger partial charge on any atom is -0.385 e. The van der Waals surface area contributed by atoms with Gasteiger partial charge >= 0.3 is 0 Å². The number of hydrogen-bond donors (Lipinski definition) is 3. The number of carbonyl (C=O) groups is 1. The molecule has 0 aliphatic carbocycles. The zero-order valence-electron chi connectivity index (χ0n) is 10.9. The minimum absolute atomic E-state index is 0.0617. The Morgan fingerprint density at radius 2 is 2.11 bits per heavy atom. The maximum absolute atomic E-state index is 11.5. The Kier molecular flexibility index (Phi) is 8.90. The molecule has 0 aromatic carbocycles. The molecular weight excluding hydrogens is 258 g/mol. The second kappa shape index (κ2) is 9.26. The standard InChI is InChI=1S/C10H23N3O4S/c1-3-13-18(15,16)8-6-12-10(14)9(11)5-4-7-17-2/h9,13H,3-8,11H2,1-2H3,(H,12,14). The van der Waals surface area contributed by atoms with Gasteiger partial charge in [-0.05, 0) is 12.8 Å². The summed E-state index contributed by atoms with van der Waals surface area (Å²) in [7, 11) is -1.72. The second-order valence-electron chi connectivity index (χ2n) is 3.85. The number of sulfonamides is 1. The largest absolute Gasteiger partial charge is 0.385 e. The van der Waals surface area contributed by atoms with Crippen molar-refractivity contribution in [2.45, 2.75) is 25.8 Å². The van der Waals surface area contributed by atoms with Gasteiger partial charge in [0.05, 0.1) is 11.8 Å². The van der Waals surface area contributed by atoms with Crippen LogP contribution in [0.15, 0.2) is 0 Å². The lowest BCUT2D eigenvalue weighted by Crippen LogP contribution is -2.43. The maximum atomic E-state index is 11.5. The molecule has 0 fully saturated rings. The minimum atomic E-state index is -3.30. The van der Waals surface area contributed by atoms with E-state index >= 15 is 0 Å². The Hall–Kier alpha value is -0.700. The highest BCUT2D eigenvalue weighted by molar-refractivity contribution is 7.89. The van der Waals surface area contributed by atoms with Crippen LogP contribution < -0.4 is 15.8 Å². The number of amides is 1. The molecule has 0 saturated heterocycles. The molecule has 8 heteroatoms. The summed E-state index contributed by atoms with van der Waals surface area (Å²) in [5, 5.41) is 2.50. The molecule has 0 heterocycles. The molecule has 0 bridgehead atoms. The first-order valence-corrected chi connectivity index (χ1v) is 7.57. The average Bonchev–Trinajstić information content (AvgIpc) is 2.28. The van der Waals surface area contributed by atoms with Gasteiger partial charge in [0.15, 0.2) is 0 Å².